The van der Waals surface area contributed by atoms with Gasteiger partial charge in [-0.1, -0.05) is 91.0 Å². The number of alkyl carbamates (subject to hydrolysis) is 1. The van der Waals surface area contributed by atoms with Crippen LogP contribution in [-0.2, 0) is 30.3 Å². The molecular weight excluding hydrogens is 610 g/mol. The molecule has 5 rings (SSSR count). The Balaban J connectivity index is 1.16. The summed E-state index contributed by atoms with van der Waals surface area (Å²) in [6.07, 6.45) is 3.62. The van der Waals surface area contributed by atoms with E-state index in [2.05, 4.69) is 28.1 Å². The normalized spacial score (nSPS) is 20.4. The summed E-state index contributed by atoms with van der Waals surface area (Å²) in [6, 6.07) is 24.2. The molecule has 3 amide bonds. The highest BCUT2D eigenvalue weighted by molar-refractivity contribution is 5.86. The van der Waals surface area contributed by atoms with Gasteiger partial charge in [0.15, 0.2) is 0 Å². The Morgan fingerprint density at radius 2 is 1.62 bits per heavy atom. The smallest absolute Gasteiger partial charge is 0.407 e. The minimum atomic E-state index is -0.953. The number of hydrogen-bond acceptors (Lipinski definition) is 7. The Morgan fingerprint density at radius 1 is 0.958 bits per heavy atom. The number of carbonyl (C=O) groups is 4. The fourth-order valence-corrected chi connectivity index (χ4v) is 6.24. The molecule has 0 saturated heterocycles. The zero-order valence-corrected chi connectivity index (χ0v) is 27.1. The molecule has 0 spiro atoms. The summed E-state index contributed by atoms with van der Waals surface area (Å²) >= 11 is 0. The van der Waals surface area contributed by atoms with Crippen molar-refractivity contribution in [1.29, 1.82) is 0 Å². The molecule has 0 bridgehead atoms. The van der Waals surface area contributed by atoms with Gasteiger partial charge in [-0.2, -0.15) is 0 Å². The fraction of sp³-hybridized carbons (Fsp3) is 0.368. The van der Waals surface area contributed by atoms with Gasteiger partial charge < -0.3 is 30.5 Å². The van der Waals surface area contributed by atoms with Crippen molar-refractivity contribution in [3.05, 3.63) is 108 Å². The van der Waals surface area contributed by atoms with Gasteiger partial charge in [0.2, 0.25) is 11.8 Å². The number of esters is 1. The van der Waals surface area contributed by atoms with Crippen molar-refractivity contribution in [2.45, 2.75) is 63.1 Å². The van der Waals surface area contributed by atoms with E-state index in [0.717, 1.165) is 27.8 Å². The molecule has 10 nitrogen and oxygen atoms in total. The van der Waals surface area contributed by atoms with Crippen LogP contribution < -0.4 is 16.0 Å². The molecule has 2 aliphatic rings. The lowest BCUT2D eigenvalue weighted by Crippen LogP contribution is -2.45. The number of aliphatic hydroxyl groups is 1. The predicted octanol–water partition coefficient (Wildman–Crippen LogP) is 4.41. The Hall–Kier alpha value is -4.96. The van der Waals surface area contributed by atoms with E-state index in [9.17, 15) is 24.3 Å². The summed E-state index contributed by atoms with van der Waals surface area (Å²) in [4.78, 5) is 52.1. The number of ether oxygens (including phenoxy) is 2. The summed E-state index contributed by atoms with van der Waals surface area (Å²) in [6.45, 7) is 1.57. The van der Waals surface area contributed by atoms with Crippen LogP contribution in [0.4, 0.5) is 4.79 Å². The van der Waals surface area contributed by atoms with Crippen molar-refractivity contribution in [3.8, 4) is 11.1 Å². The lowest BCUT2D eigenvalue weighted by Gasteiger charge is -2.22. The van der Waals surface area contributed by atoms with Crippen molar-refractivity contribution in [3.63, 3.8) is 0 Å². The second-order valence-corrected chi connectivity index (χ2v) is 12.3. The minimum absolute atomic E-state index is 0.0390. The Bertz CT molecular complexity index is 1560. The molecule has 0 unspecified atom stereocenters. The molecule has 3 aromatic carbocycles. The van der Waals surface area contributed by atoms with Crippen LogP contribution in [0.25, 0.3) is 11.1 Å². The third-order valence-electron chi connectivity index (χ3n) is 8.72. The maximum absolute atomic E-state index is 13.1. The number of carbonyl (C=O) groups excluding carboxylic acids is 4. The number of aliphatic hydroxyl groups excluding tert-OH is 1. The second-order valence-electron chi connectivity index (χ2n) is 12.3. The van der Waals surface area contributed by atoms with Crippen LogP contribution in [0, 0.1) is 5.92 Å². The van der Waals surface area contributed by atoms with Gasteiger partial charge in [-0.05, 0) is 60.4 Å². The van der Waals surface area contributed by atoms with Gasteiger partial charge in [0.25, 0.3) is 0 Å². The van der Waals surface area contributed by atoms with Crippen LogP contribution in [0.15, 0.2) is 91.0 Å². The molecule has 0 radical (unpaired) electrons. The fourth-order valence-electron chi connectivity index (χ4n) is 6.24. The molecule has 0 fully saturated rings. The van der Waals surface area contributed by atoms with Crippen molar-refractivity contribution in [1.82, 2.24) is 16.0 Å². The predicted molar refractivity (Wildman–Crippen MR) is 181 cm³/mol. The summed E-state index contributed by atoms with van der Waals surface area (Å²) in [5.41, 5.74) is 5.40. The molecule has 0 aromatic heterocycles. The van der Waals surface area contributed by atoms with Gasteiger partial charge in [0.1, 0.15) is 18.8 Å². The van der Waals surface area contributed by atoms with E-state index in [1.165, 1.54) is 0 Å². The largest absolute Gasteiger partial charge is 0.459 e. The first-order valence-corrected chi connectivity index (χ1v) is 16.5. The van der Waals surface area contributed by atoms with Gasteiger partial charge in [-0.3, -0.25) is 9.59 Å². The van der Waals surface area contributed by atoms with Crippen LogP contribution in [0.2, 0.25) is 0 Å². The highest BCUT2D eigenvalue weighted by atomic mass is 16.6. The summed E-state index contributed by atoms with van der Waals surface area (Å²) in [7, 11) is 0. The van der Waals surface area contributed by atoms with Crippen LogP contribution in [-0.4, -0.2) is 66.9 Å². The molecule has 0 saturated carbocycles. The topological polar surface area (TPSA) is 143 Å². The van der Waals surface area contributed by atoms with Gasteiger partial charge in [-0.15, -0.1) is 0 Å². The number of allylic oxidation sites excluding steroid dienone is 2. The molecule has 4 atom stereocenters. The average molecular weight is 654 g/mol. The van der Waals surface area contributed by atoms with Crippen LogP contribution in [0.5, 0.6) is 0 Å². The highest BCUT2D eigenvalue weighted by Gasteiger charge is 2.31. The molecule has 10 heteroatoms. The van der Waals surface area contributed by atoms with E-state index < -0.39 is 36.2 Å². The maximum atomic E-state index is 13.1. The SMILES string of the molecule is C[C@H]1CNC(=O)[C@@H](CC(=O)N[C@H](CO)Cc2ccccc2)CC=CCC[C@H](NC(=O)OCC2c3ccccc3-c3ccccc32)C(=O)O1. The van der Waals surface area contributed by atoms with E-state index in [-0.39, 0.29) is 50.3 Å². The van der Waals surface area contributed by atoms with E-state index in [4.69, 9.17) is 9.47 Å². The van der Waals surface area contributed by atoms with E-state index >= 15 is 0 Å². The number of amides is 3. The summed E-state index contributed by atoms with van der Waals surface area (Å²) in [5.74, 6) is -2.07. The number of cyclic esters (lactones) is 1. The molecule has 48 heavy (non-hydrogen) atoms. The number of nitrogens with one attached hydrogen (secondary N) is 3. The first-order chi connectivity index (χ1) is 23.3. The van der Waals surface area contributed by atoms with Crippen molar-refractivity contribution < 1.29 is 33.8 Å². The first-order valence-electron chi connectivity index (χ1n) is 16.5. The molecule has 4 N–H and O–H groups in total. The Kier molecular flexibility index (Phi) is 12.0. The van der Waals surface area contributed by atoms with Gasteiger partial charge in [-0.25, -0.2) is 9.59 Å². The number of hydrogen-bond donors (Lipinski definition) is 4. The lowest BCUT2D eigenvalue weighted by molar-refractivity contribution is -0.151. The van der Waals surface area contributed by atoms with Gasteiger partial charge in [0, 0.05) is 12.3 Å². The molecule has 252 valence electrons. The zero-order chi connectivity index (χ0) is 33.9. The molecular formula is C38H43N3O7. The van der Waals surface area contributed by atoms with Gasteiger partial charge >= 0.3 is 12.1 Å². The second kappa shape index (κ2) is 16.7. The third-order valence-corrected chi connectivity index (χ3v) is 8.72. The maximum Gasteiger partial charge on any atom is 0.407 e. The summed E-state index contributed by atoms with van der Waals surface area (Å²) < 4.78 is 11.2. The van der Waals surface area contributed by atoms with Crippen LogP contribution >= 0.6 is 0 Å². The molecule has 1 heterocycles. The minimum Gasteiger partial charge on any atom is -0.459 e. The Labute approximate surface area is 280 Å². The van der Waals surface area contributed by atoms with E-state index in [1.807, 2.05) is 78.9 Å². The summed E-state index contributed by atoms with van der Waals surface area (Å²) in [5, 5.41) is 18.1. The number of fused-ring (bicyclic) bond motifs is 3. The van der Waals surface area contributed by atoms with Crippen molar-refractivity contribution >= 4 is 23.9 Å². The Morgan fingerprint density at radius 3 is 2.31 bits per heavy atom. The lowest BCUT2D eigenvalue weighted by atomic mass is 9.98. The van der Waals surface area contributed by atoms with E-state index in [0.29, 0.717) is 19.3 Å². The third kappa shape index (κ3) is 9.10. The number of benzene rings is 3. The van der Waals surface area contributed by atoms with E-state index in [1.54, 1.807) is 6.92 Å². The average Bonchev–Trinajstić information content (AvgIpc) is 3.41. The molecule has 1 aliphatic carbocycles. The van der Waals surface area contributed by atoms with Crippen LogP contribution in [0.3, 0.4) is 0 Å². The number of rotatable bonds is 9. The first kappa shape index (κ1) is 34.4. The molecule has 1 aliphatic heterocycles. The monoisotopic (exact) mass is 653 g/mol. The zero-order valence-electron chi connectivity index (χ0n) is 27.1. The van der Waals surface area contributed by atoms with Crippen molar-refractivity contribution in [2.24, 2.45) is 5.92 Å². The standard InChI is InChI=1S/C38H43N3O7/c1-25-22-39-36(44)27(21-35(43)40-28(23-42)20-26-12-4-2-5-13-26)14-6-3-7-19-34(37(45)48-25)41-38(46)47-24-33-31-17-10-8-15-29(31)30-16-9-11-18-32(30)33/h2-6,8-13,15-18,25,27-28,33-34,42H,7,14,19-24H2,1H3,(H,39,44)(H,40,43)(H,41,46)/t25-,27+,28-,34-/m0/s1. The quantitative estimate of drug-likeness (QED) is 0.198. The van der Waals surface area contributed by atoms with Gasteiger partial charge in [0.05, 0.1) is 25.1 Å². The van der Waals surface area contributed by atoms with Crippen LogP contribution in [0.1, 0.15) is 55.2 Å². The molecule has 3 aromatic rings. The highest BCUT2D eigenvalue weighted by Crippen LogP contribution is 2.44. The van der Waals surface area contributed by atoms with Crippen molar-refractivity contribution in [2.75, 3.05) is 19.8 Å².